The summed E-state index contributed by atoms with van der Waals surface area (Å²) in [6, 6.07) is 3.07. The molecule has 0 radical (unpaired) electrons. The molecule has 5 nitrogen and oxygen atoms in total. The first-order chi connectivity index (χ1) is 12.0. The maximum Gasteiger partial charge on any atom is 0.303 e. The molecule has 1 aliphatic heterocycles. The van der Waals surface area contributed by atoms with E-state index in [4.69, 9.17) is 9.84 Å². The summed E-state index contributed by atoms with van der Waals surface area (Å²) in [6.07, 6.45) is 3.95. The molecule has 25 heavy (non-hydrogen) atoms. The topological polar surface area (TPSA) is 66.8 Å². The first-order valence-corrected chi connectivity index (χ1v) is 8.56. The summed E-state index contributed by atoms with van der Waals surface area (Å²) in [4.78, 5) is 24.9. The minimum Gasteiger partial charge on any atom is -0.491 e. The largest absolute Gasteiger partial charge is 0.491 e. The molecule has 1 aliphatic rings. The molecular formula is C18H23F2NO4. The third-order valence-electron chi connectivity index (χ3n) is 4.33. The second-order valence-electron chi connectivity index (χ2n) is 6.20. The number of piperidine rings is 1. The highest BCUT2D eigenvalue weighted by Crippen LogP contribution is 2.22. The van der Waals surface area contributed by atoms with Gasteiger partial charge < -0.3 is 14.7 Å². The molecule has 1 fully saturated rings. The Morgan fingerprint density at radius 2 is 2.04 bits per heavy atom. The van der Waals surface area contributed by atoms with Crippen LogP contribution < -0.4 is 4.74 Å². The molecule has 1 unspecified atom stereocenters. The number of halogens is 2. The number of likely N-dealkylation sites (tertiary alicyclic amines) is 1. The minimum absolute atomic E-state index is 0.0205. The Labute approximate surface area is 145 Å². The van der Waals surface area contributed by atoms with Gasteiger partial charge in [-0.3, -0.25) is 9.59 Å². The summed E-state index contributed by atoms with van der Waals surface area (Å²) in [5, 5.41) is 8.82. The van der Waals surface area contributed by atoms with Gasteiger partial charge in [-0.25, -0.2) is 8.78 Å². The molecule has 138 valence electrons. The van der Waals surface area contributed by atoms with Crippen molar-refractivity contribution >= 4 is 11.9 Å². The van der Waals surface area contributed by atoms with E-state index in [1.54, 1.807) is 4.90 Å². The predicted octanol–water partition coefficient (Wildman–Crippen LogP) is 3.37. The van der Waals surface area contributed by atoms with E-state index in [1.807, 2.05) is 0 Å². The molecule has 1 N–H and O–H groups in total. The maximum atomic E-state index is 13.4. The lowest BCUT2D eigenvalue weighted by Crippen LogP contribution is -2.44. The van der Waals surface area contributed by atoms with Crippen LogP contribution in [0.1, 0.15) is 44.9 Å². The lowest BCUT2D eigenvalue weighted by atomic mass is 9.97. The van der Waals surface area contributed by atoms with Crippen molar-refractivity contribution in [3.63, 3.8) is 0 Å². The molecule has 1 heterocycles. The number of amides is 1. The van der Waals surface area contributed by atoms with Crippen molar-refractivity contribution in [2.24, 2.45) is 0 Å². The molecular weight excluding hydrogens is 332 g/mol. The SMILES string of the molecule is O=C(O)CCC1CCCCN1C(=O)CCCOc1ccc(F)cc1F. The van der Waals surface area contributed by atoms with E-state index in [1.165, 1.54) is 6.07 Å². The third-order valence-corrected chi connectivity index (χ3v) is 4.33. The highest BCUT2D eigenvalue weighted by molar-refractivity contribution is 5.76. The highest BCUT2D eigenvalue weighted by atomic mass is 19.1. The number of carboxylic acids is 1. The Morgan fingerprint density at radius 1 is 1.24 bits per heavy atom. The molecule has 0 bridgehead atoms. The molecule has 7 heteroatoms. The summed E-state index contributed by atoms with van der Waals surface area (Å²) < 4.78 is 31.5. The van der Waals surface area contributed by atoms with Crippen LogP contribution in [0.15, 0.2) is 18.2 Å². The molecule has 1 aromatic rings. The molecule has 1 aromatic carbocycles. The van der Waals surface area contributed by atoms with Gasteiger partial charge in [-0.05, 0) is 44.2 Å². The van der Waals surface area contributed by atoms with E-state index in [0.717, 1.165) is 31.4 Å². The first kappa shape index (κ1) is 19.1. The number of hydrogen-bond donors (Lipinski definition) is 1. The van der Waals surface area contributed by atoms with Crippen molar-refractivity contribution in [3.05, 3.63) is 29.8 Å². The Bertz CT molecular complexity index is 609. The number of carboxylic acid groups (broad SMARTS) is 1. The number of nitrogens with zero attached hydrogens (tertiary/aromatic N) is 1. The van der Waals surface area contributed by atoms with Crippen LogP contribution in [0, 0.1) is 11.6 Å². The van der Waals surface area contributed by atoms with E-state index < -0.39 is 17.6 Å². The molecule has 0 spiro atoms. The zero-order chi connectivity index (χ0) is 18.2. The van der Waals surface area contributed by atoms with E-state index in [0.29, 0.717) is 19.4 Å². The number of carbonyl (C=O) groups is 2. The summed E-state index contributed by atoms with van der Waals surface area (Å²) in [5.74, 6) is -2.36. The second kappa shape index (κ2) is 9.34. The predicted molar refractivity (Wildman–Crippen MR) is 87.3 cm³/mol. The smallest absolute Gasteiger partial charge is 0.303 e. The van der Waals surface area contributed by atoms with Crippen LogP contribution in [0.4, 0.5) is 8.78 Å². The minimum atomic E-state index is -0.854. The number of rotatable bonds is 8. The monoisotopic (exact) mass is 355 g/mol. The Hall–Kier alpha value is -2.18. The van der Waals surface area contributed by atoms with Crippen molar-refractivity contribution < 1.29 is 28.2 Å². The van der Waals surface area contributed by atoms with E-state index in [2.05, 4.69) is 0 Å². The fourth-order valence-electron chi connectivity index (χ4n) is 3.06. The zero-order valence-corrected chi connectivity index (χ0v) is 14.0. The van der Waals surface area contributed by atoms with E-state index in [9.17, 15) is 18.4 Å². The third kappa shape index (κ3) is 5.99. The summed E-state index contributed by atoms with van der Waals surface area (Å²) in [7, 11) is 0. The second-order valence-corrected chi connectivity index (χ2v) is 6.20. The van der Waals surface area contributed by atoms with Gasteiger partial charge in [0.1, 0.15) is 5.82 Å². The van der Waals surface area contributed by atoms with Crippen LogP contribution in [-0.2, 0) is 9.59 Å². The highest BCUT2D eigenvalue weighted by Gasteiger charge is 2.26. The van der Waals surface area contributed by atoms with Crippen molar-refractivity contribution in [3.8, 4) is 5.75 Å². The van der Waals surface area contributed by atoms with Crippen molar-refractivity contribution in [2.75, 3.05) is 13.2 Å². The first-order valence-electron chi connectivity index (χ1n) is 8.56. The standard InChI is InChI=1S/C18H23F2NO4/c19-13-6-8-16(15(20)12-13)25-11-3-5-17(22)21-10-2-1-4-14(21)7-9-18(23)24/h6,8,12,14H,1-5,7,9-11H2,(H,23,24). The summed E-state index contributed by atoms with van der Waals surface area (Å²) in [6.45, 7) is 0.804. The van der Waals surface area contributed by atoms with Crippen molar-refractivity contribution in [1.82, 2.24) is 4.90 Å². The fourth-order valence-corrected chi connectivity index (χ4v) is 3.06. The number of benzene rings is 1. The van der Waals surface area contributed by atoms with Crippen molar-refractivity contribution in [1.29, 1.82) is 0 Å². The number of hydrogen-bond acceptors (Lipinski definition) is 3. The molecule has 1 atom stereocenters. The van der Waals surface area contributed by atoms with Crippen LogP contribution in [0.5, 0.6) is 5.75 Å². The maximum absolute atomic E-state index is 13.4. The fraction of sp³-hybridized carbons (Fsp3) is 0.556. The average molecular weight is 355 g/mol. The van der Waals surface area contributed by atoms with E-state index in [-0.39, 0.29) is 37.1 Å². The number of aliphatic carboxylic acids is 1. The summed E-state index contributed by atoms with van der Waals surface area (Å²) in [5.41, 5.74) is 0. The van der Waals surface area contributed by atoms with Gasteiger partial charge in [0.05, 0.1) is 6.61 Å². The van der Waals surface area contributed by atoms with E-state index >= 15 is 0 Å². The van der Waals surface area contributed by atoms with Gasteiger partial charge in [-0.15, -0.1) is 0 Å². The molecule has 0 aromatic heterocycles. The Morgan fingerprint density at radius 3 is 2.76 bits per heavy atom. The van der Waals surface area contributed by atoms with Crippen LogP contribution >= 0.6 is 0 Å². The number of ether oxygens (including phenoxy) is 1. The van der Waals surface area contributed by atoms with Gasteiger partial charge in [0.2, 0.25) is 5.91 Å². The molecule has 1 saturated heterocycles. The molecule has 2 rings (SSSR count). The van der Waals surface area contributed by atoms with Gasteiger partial charge in [0, 0.05) is 31.5 Å². The molecule has 0 aliphatic carbocycles. The van der Waals surface area contributed by atoms with Gasteiger partial charge in [-0.1, -0.05) is 0 Å². The number of carbonyl (C=O) groups excluding carboxylic acids is 1. The zero-order valence-electron chi connectivity index (χ0n) is 14.0. The molecule has 0 saturated carbocycles. The Balaban J connectivity index is 1.77. The van der Waals surface area contributed by atoms with Gasteiger partial charge in [-0.2, -0.15) is 0 Å². The normalized spacial score (nSPS) is 17.4. The quantitative estimate of drug-likeness (QED) is 0.726. The van der Waals surface area contributed by atoms with Gasteiger partial charge >= 0.3 is 5.97 Å². The average Bonchev–Trinajstić information content (AvgIpc) is 2.58. The van der Waals surface area contributed by atoms with Crippen molar-refractivity contribution in [2.45, 2.75) is 51.0 Å². The van der Waals surface area contributed by atoms with Crippen LogP contribution in [0.3, 0.4) is 0 Å². The Kier molecular flexibility index (Phi) is 7.16. The van der Waals surface area contributed by atoms with Gasteiger partial charge in [0.25, 0.3) is 0 Å². The van der Waals surface area contributed by atoms with Gasteiger partial charge in [0.15, 0.2) is 11.6 Å². The van der Waals surface area contributed by atoms with Crippen LogP contribution in [0.2, 0.25) is 0 Å². The van der Waals surface area contributed by atoms with Crippen LogP contribution in [-0.4, -0.2) is 41.1 Å². The molecule has 1 amide bonds. The summed E-state index contributed by atoms with van der Waals surface area (Å²) >= 11 is 0. The van der Waals surface area contributed by atoms with Crippen LogP contribution in [0.25, 0.3) is 0 Å². The lowest BCUT2D eigenvalue weighted by molar-refractivity contribution is -0.140. The lowest BCUT2D eigenvalue weighted by Gasteiger charge is -2.35.